The van der Waals surface area contributed by atoms with Crippen LogP contribution in [0.25, 0.3) is 0 Å². The fraction of sp³-hybridized carbons (Fsp3) is 0.676. The largest absolute Gasteiger partial charge is 0.481 e. The topological polar surface area (TPSA) is 225 Å². The quantitative estimate of drug-likeness (QED) is 0.0779. The zero-order valence-electron chi connectivity index (χ0n) is 41.0. The Hall–Kier alpha value is -1.02. The Morgan fingerprint density at radius 3 is 0.707 bits per heavy atom. The van der Waals surface area contributed by atoms with E-state index in [1.54, 1.807) is 48.4 Å². The molecule has 6 unspecified atom stereocenters. The molecule has 0 aliphatic rings. The van der Waals surface area contributed by atoms with Crippen molar-refractivity contribution in [2.75, 3.05) is 42.3 Å². The van der Waals surface area contributed by atoms with E-state index in [4.69, 9.17) is 29.4 Å². The Morgan fingerprint density at radius 2 is 0.707 bits per heavy atom. The molecule has 58 heavy (non-hydrogen) atoms. The number of hydrogen-bond donors (Lipinski definition) is 4. The fourth-order valence-electron chi connectivity index (χ4n) is 0.891. The standard InChI is InChI=1S/C6H11NO.C5H9NO2.2C4H9NO.2C2H4O2.2C2H4O.4C2H6.CH4.CH3.5H3P.Y/c1-4-6(7-3)5(2)8;1-4(8)5(3-7)6-2;2*1-4(6)5(2)3;2*1-2(3)4;2*1-2-3;4*1-2;;;;;;;;/h4,7H,1-3H3;3,5-6H,1-2H3;2*1-3H3;2*1H3,(H,3,4);2*2H,1H3;4*1-2H3;1H4;6*1H3;/q;;;;;;;;;;;;;-1;;;;;;/b6-4-;;;;;;;;;;;;;;;;;;;. The molecule has 0 saturated carbocycles. The van der Waals surface area contributed by atoms with Crippen molar-refractivity contribution in [2.45, 2.75) is 131 Å². The van der Waals surface area contributed by atoms with Gasteiger partial charge in [0.1, 0.15) is 24.9 Å². The zero-order valence-corrected chi connectivity index (χ0v) is 50.9. The Balaban J connectivity index is -0.0000000154. The molecule has 0 aromatic rings. The second-order valence-corrected chi connectivity index (χ2v) is 7.36. The third-order valence-corrected chi connectivity index (χ3v) is 3.08. The van der Waals surface area contributed by atoms with E-state index in [0.717, 1.165) is 26.4 Å². The number of carbonyl (C=O) groups excluding carboxylic acids is 7. The van der Waals surface area contributed by atoms with Crippen molar-refractivity contribution < 1.29 is 86.1 Å². The summed E-state index contributed by atoms with van der Waals surface area (Å²) in [6.45, 7) is 28.8. The molecule has 0 fully saturated rings. The number of rotatable bonds is 5. The molecule has 0 aromatic heterocycles. The van der Waals surface area contributed by atoms with Crippen molar-refractivity contribution in [3.8, 4) is 0 Å². The van der Waals surface area contributed by atoms with Crippen LogP contribution >= 0.6 is 49.5 Å². The molecular weight excluding hydrogens is 920 g/mol. The van der Waals surface area contributed by atoms with Crippen LogP contribution in [-0.2, 0) is 75.9 Å². The van der Waals surface area contributed by atoms with E-state index in [1.165, 1.54) is 51.3 Å². The van der Waals surface area contributed by atoms with Crippen LogP contribution in [0.15, 0.2) is 11.8 Å². The van der Waals surface area contributed by atoms with Gasteiger partial charge in [-0.05, 0) is 34.7 Å². The van der Waals surface area contributed by atoms with Crippen LogP contribution in [0.4, 0.5) is 0 Å². The van der Waals surface area contributed by atoms with Gasteiger partial charge in [-0.3, -0.25) is 28.8 Å². The first-order chi connectivity index (χ1) is 23.0. The number of likely N-dealkylation sites (N-methyl/N-ethyl adjacent to an activating group) is 2. The van der Waals surface area contributed by atoms with E-state index >= 15 is 0 Å². The number of Topliss-reactive ketones (excluding diaryl/α,β-unsaturated/α-hetero) is 2. The molecule has 0 bridgehead atoms. The summed E-state index contributed by atoms with van der Waals surface area (Å²) in [4.78, 5) is 89.5. The molecule has 363 valence electrons. The van der Waals surface area contributed by atoms with Crippen molar-refractivity contribution >= 4 is 104 Å². The summed E-state index contributed by atoms with van der Waals surface area (Å²) in [6, 6.07) is -0.616. The summed E-state index contributed by atoms with van der Waals surface area (Å²) in [5.74, 6) is -1.55. The first-order valence-electron chi connectivity index (χ1n) is 16.0. The number of carbonyl (C=O) groups is 9. The fourth-order valence-corrected chi connectivity index (χ4v) is 0.891. The average molecular weight is 1020 g/mol. The molecule has 0 aromatic carbocycles. The minimum absolute atomic E-state index is 0. The second-order valence-electron chi connectivity index (χ2n) is 7.36. The molecule has 0 aliphatic carbocycles. The van der Waals surface area contributed by atoms with Crippen molar-refractivity contribution in [1.29, 1.82) is 0 Å². The normalized spacial score (nSPS) is 6.64. The van der Waals surface area contributed by atoms with E-state index in [2.05, 4.69) is 10.6 Å². The first kappa shape index (κ1) is 131. The molecule has 15 nitrogen and oxygen atoms in total. The number of amides is 2. The number of aldehydes is 3. The number of carboxylic acids is 2. The maximum absolute atomic E-state index is 10.5. The van der Waals surface area contributed by atoms with Gasteiger partial charge in [0, 0.05) is 103 Å². The molecule has 6 atom stereocenters. The van der Waals surface area contributed by atoms with Gasteiger partial charge >= 0.3 is 0 Å². The Bertz CT molecular complexity index is 773. The SMILES string of the molecule is C.C/C=C(\NC)C(C)=O.CC.CC.CC.CC.CC(=O)N(C)C.CC(=O)N(C)C.CC(=O)O.CC(=O)O.CC=O.CC=O.CNC(C=O)C(C)=O.P.P.P.P.P.[CH3-].[Y]. The summed E-state index contributed by atoms with van der Waals surface area (Å²) in [6.07, 6.45) is 3.84. The van der Waals surface area contributed by atoms with Crippen LogP contribution < -0.4 is 10.6 Å². The van der Waals surface area contributed by atoms with Crippen LogP contribution in [0.5, 0.6) is 0 Å². The van der Waals surface area contributed by atoms with Gasteiger partial charge in [0.25, 0.3) is 11.9 Å². The van der Waals surface area contributed by atoms with Gasteiger partial charge < -0.3 is 52.5 Å². The predicted octanol–water partition coefficient (Wildman–Crippen LogP) is 6.32. The van der Waals surface area contributed by atoms with Gasteiger partial charge in [-0.2, -0.15) is 49.5 Å². The molecule has 21 heteroatoms. The van der Waals surface area contributed by atoms with Gasteiger partial charge in [-0.1, -0.05) is 68.9 Å². The smallest absolute Gasteiger partial charge is 0.300 e. The van der Waals surface area contributed by atoms with Gasteiger partial charge in [0.05, 0.1) is 5.70 Å². The van der Waals surface area contributed by atoms with Gasteiger partial charge in [-0.15, -0.1) is 0 Å². The summed E-state index contributed by atoms with van der Waals surface area (Å²) >= 11 is 0. The summed E-state index contributed by atoms with van der Waals surface area (Å²) < 4.78 is 0. The summed E-state index contributed by atoms with van der Waals surface area (Å²) in [7, 11) is 10.2. The number of hydrogen-bond acceptors (Lipinski definition) is 11. The third-order valence-electron chi connectivity index (χ3n) is 3.08. The monoisotopic (exact) mass is 1020 g/mol. The van der Waals surface area contributed by atoms with Crippen LogP contribution in [-0.4, -0.2) is 123 Å². The molecule has 0 rings (SSSR count). The molecule has 1 radical (unpaired) electrons. The Labute approximate surface area is 400 Å². The number of nitrogens with zero attached hydrogens (tertiary/aromatic N) is 2. The molecule has 0 spiro atoms. The zero-order chi connectivity index (χ0) is 44.0. The summed E-state index contributed by atoms with van der Waals surface area (Å²) in [5, 5.41) is 20.1. The van der Waals surface area contributed by atoms with Crippen molar-refractivity contribution in [2.24, 2.45) is 0 Å². The minimum Gasteiger partial charge on any atom is -0.481 e. The van der Waals surface area contributed by atoms with E-state index in [-0.39, 0.29) is 120 Å². The third kappa shape index (κ3) is 303. The number of carboxylic acid groups (broad SMARTS) is 2. The van der Waals surface area contributed by atoms with Crippen molar-refractivity contribution in [1.82, 2.24) is 20.4 Å². The molecule has 4 N–H and O–H groups in total. The van der Waals surface area contributed by atoms with Gasteiger partial charge in [-0.25, -0.2) is 0 Å². The van der Waals surface area contributed by atoms with Gasteiger partial charge in [0.2, 0.25) is 11.8 Å². The molecule has 0 saturated heterocycles. The van der Waals surface area contributed by atoms with E-state index in [0.29, 0.717) is 12.0 Å². The minimum atomic E-state index is -0.833. The first-order valence-corrected chi connectivity index (χ1v) is 16.0. The predicted molar refractivity (Wildman–Crippen MR) is 276 cm³/mol. The number of aliphatic carboxylic acids is 2. The number of allylic oxidation sites excluding steroid dienone is 2. The maximum Gasteiger partial charge on any atom is 0.300 e. The molecule has 2 amide bonds. The van der Waals surface area contributed by atoms with Crippen LogP contribution in [0, 0.1) is 7.43 Å². The van der Waals surface area contributed by atoms with E-state index in [1.807, 2.05) is 62.3 Å². The van der Waals surface area contributed by atoms with Gasteiger partial charge in [0.15, 0.2) is 11.6 Å². The Kier molecular flexibility index (Phi) is 311. The van der Waals surface area contributed by atoms with Crippen molar-refractivity contribution in [3.63, 3.8) is 0 Å². The average Bonchev–Trinajstić information content (AvgIpc) is 3.03. The van der Waals surface area contributed by atoms with Crippen molar-refractivity contribution in [3.05, 3.63) is 19.2 Å². The molecule has 0 heterocycles. The Morgan fingerprint density at radius 1 is 0.552 bits per heavy atom. The maximum atomic E-state index is 10.5. The van der Waals surface area contributed by atoms with Crippen LogP contribution in [0.1, 0.15) is 125 Å². The summed E-state index contributed by atoms with van der Waals surface area (Å²) in [5.41, 5.74) is 0.671. The van der Waals surface area contributed by atoms with E-state index < -0.39 is 18.0 Å². The number of nitrogens with one attached hydrogen (secondary N) is 2. The molecular formula is C37H100N4O11P5Y-. The van der Waals surface area contributed by atoms with Crippen LogP contribution in [0.2, 0.25) is 0 Å². The second kappa shape index (κ2) is 138. The van der Waals surface area contributed by atoms with E-state index in [9.17, 15) is 24.0 Å². The molecule has 0 aliphatic heterocycles. The van der Waals surface area contributed by atoms with Crippen LogP contribution in [0.3, 0.4) is 0 Å². The number of ketones is 2.